The molecule has 1 aliphatic carbocycles. The molecule has 2 aliphatic rings. The Morgan fingerprint density at radius 3 is 2.68 bits per heavy atom. The van der Waals surface area contributed by atoms with Gasteiger partial charge in [0.25, 0.3) is 0 Å². The molecule has 0 aromatic rings. The average molecular weight is 269 g/mol. The van der Waals surface area contributed by atoms with Crippen molar-refractivity contribution >= 4 is 5.97 Å². The SMILES string of the molecule is CCCC(C)(NCC1CCC2(CCCC2)O1)C(=O)O. The molecule has 0 amide bonds. The summed E-state index contributed by atoms with van der Waals surface area (Å²) in [6, 6.07) is 0. The number of rotatable bonds is 6. The van der Waals surface area contributed by atoms with E-state index in [2.05, 4.69) is 5.32 Å². The third-order valence-electron chi connectivity index (χ3n) is 4.80. The summed E-state index contributed by atoms with van der Waals surface area (Å²) in [6.45, 7) is 4.45. The molecule has 0 aromatic carbocycles. The quantitative estimate of drug-likeness (QED) is 0.778. The molecule has 2 unspecified atom stereocenters. The van der Waals surface area contributed by atoms with E-state index in [1.165, 1.54) is 25.7 Å². The molecule has 0 aromatic heterocycles. The van der Waals surface area contributed by atoms with Crippen LogP contribution in [0, 0.1) is 0 Å². The van der Waals surface area contributed by atoms with Gasteiger partial charge in [-0.1, -0.05) is 26.2 Å². The highest BCUT2D eigenvalue weighted by Gasteiger charge is 2.43. The van der Waals surface area contributed by atoms with Crippen LogP contribution in [-0.4, -0.2) is 34.9 Å². The number of aliphatic carboxylic acids is 1. The van der Waals surface area contributed by atoms with Crippen LogP contribution in [0.25, 0.3) is 0 Å². The molecular formula is C15H27NO3. The molecule has 1 spiro atoms. The van der Waals surface area contributed by atoms with E-state index in [9.17, 15) is 9.90 Å². The zero-order chi connectivity index (χ0) is 13.9. The summed E-state index contributed by atoms with van der Waals surface area (Å²) in [5, 5.41) is 12.6. The molecule has 1 heterocycles. The van der Waals surface area contributed by atoms with Crippen LogP contribution in [0.5, 0.6) is 0 Å². The summed E-state index contributed by atoms with van der Waals surface area (Å²) in [5.74, 6) is -0.761. The molecule has 19 heavy (non-hydrogen) atoms. The predicted molar refractivity (Wildman–Crippen MR) is 74.3 cm³/mol. The molecule has 1 saturated carbocycles. The molecule has 0 bridgehead atoms. The highest BCUT2D eigenvalue weighted by molar-refractivity contribution is 5.78. The first kappa shape index (κ1) is 14.8. The zero-order valence-corrected chi connectivity index (χ0v) is 12.2. The number of ether oxygens (including phenoxy) is 1. The minimum atomic E-state index is -0.816. The van der Waals surface area contributed by atoms with Gasteiger partial charge in [-0.3, -0.25) is 10.1 Å². The molecule has 1 saturated heterocycles. The molecule has 1 aliphatic heterocycles. The van der Waals surface area contributed by atoms with Gasteiger partial charge in [0, 0.05) is 6.54 Å². The van der Waals surface area contributed by atoms with E-state index in [0.717, 1.165) is 19.3 Å². The lowest BCUT2D eigenvalue weighted by Gasteiger charge is -2.29. The smallest absolute Gasteiger partial charge is 0.323 e. The Labute approximate surface area is 115 Å². The Bertz CT molecular complexity index is 325. The van der Waals surface area contributed by atoms with Crippen molar-refractivity contribution in [3.8, 4) is 0 Å². The van der Waals surface area contributed by atoms with Crippen LogP contribution >= 0.6 is 0 Å². The summed E-state index contributed by atoms with van der Waals surface area (Å²) >= 11 is 0. The third kappa shape index (κ3) is 3.29. The van der Waals surface area contributed by atoms with Gasteiger partial charge < -0.3 is 9.84 Å². The lowest BCUT2D eigenvalue weighted by molar-refractivity contribution is -0.144. The van der Waals surface area contributed by atoms with Gasteiger partial charge in [-0.05, 0) is 39.0 Å². The van der Waals surface area contributed by atoms with Crippen molar-refractivity contribution in [1.82, 2.24) is 5.32 Å². The second-order valence-corrected chi connectivity index (χ2v) is 6.44. The van der Waals surface area contributed by atoms with Crippen molar-refractivity contribution in [2.24, 2.45) is 0 Å². The van der Waals surface area contributed by atoms with Gasteiger partial charge in [0.05, 0.1) is 11.7 Å². The predicted octanol–water partition coefficient (Wildman–Crippen LogP) is 2.71. The maximum atomic E-state index is 11.4. The normalized spacial score (nSPS) is 28.6. The highest BCUT2D eigenvalue weighted by Crippen LogP contribution is 2.43. The van der Waals surface area contributed by atoms with Crippen molar-refractivity contribution in [3.63, 3.8) is 0 Å². The average Bonchev–Trinajstić information content (AvgIpc) is 2.98. The molecule has 2 N–H and O–H groups in total. The molecule has 2 rings (SSSR count). The van der Waals surface area contributed by atoms with Crippen molar-refractivity contribution in [3.05, 3.63) is 0 Å². The van der Waals surface area contributed by atoms with Gasteiger partial charge in [-0.15, -0.1) is 0 Å². The van der Waals surface area contributed by atoms with Gasteiger partial charge in [0.15, 0.2) is 0 Å². The summed E-state index contributed by atoms with van der Waals surface area (Å²) < 4.78 is 6.21. The second kappa shape index (κ2) is 5.80. The Kier molecular flexibility index (Phi) is 4.51. The third-order valence-corrected chi connectivity index (χ3v) is 4.80. The highest BCUT2D eigenvalue weighted by atomic mass is 16.5. The fourth-order valence-electron chi connectivity index (χ4n) is 3.54. The van der Waals surface area contributed by atoms with E-state index in [1.807, 2.05) is 6.92 Å². The first-order valence-corrected chi connectivity index (χ1v) is 7.66. The topological polar surface area (TPSA) is 58.6 Å². The van der Waals surface area contributed by atoms with Crippen molar-refractivity contribution in [2.75, 3.05) is 6.54 Å². The molecule has 4 heteroatoms. The summed E-state index contributed by atoms with van der Waals surface area (Å²) in [4.78, 5) is 11.4. The van der Waals surface area contributed by atoms with Crippen molar-refractivity contribution in [2.45, 2.75) is 82.5 Å². The maximum absolute atomic E-state index is 11.4. The van der Waals surface area contributed by atoms with E-state index < -0.39 is 11.5 Å². The minimum absolute atomic E-state index is 0.136. The Morgan fingerprint density at radius 1 is 1.42 bits per heavy atom. The lowest BCUT2D eigenvalue weighted by Crippen LogP contribution is -2.51. The summed E-state index contributed by atoms with van der Waals surface area (Å²) in [6.07, 6.45) is 8.86. The van der Waals surface area contributed by atoms with Crippen LogP contribution in [0.3, 0.4) is 0 Å². The molecule has 2 atom stereocenters. The van der Waals surface area contributed by atoms with Crippen LogP contribution in [0.2, 0.25) is 0 Å². The maximum Gasteiger partial charge on any atom is 0.323 e. The van der Waals surface area contributed by atoms with E-state index in [1.54, 1.807) is 6.92 Å². The van der Waals surface area contributed by atoms with E-state index >= 15 is 0 Å². The standard InChI is InChI=1S/C15H27NO3/c1-3-7-14(2,13(17)18)16-11-12-6-10-15(19-12)8-4-5-9-15/h12,16H,3-11H2,1-2H3,(H,17,18). The number of carbonyl (C=O) groups is 1. The van der Waals surface area contributed by atoms with Gasteiger partial charge in [-0.2, -0.15) is 0 Å². The van der Waals surface area contributed by atoms with E-state index in [0.29, 0.717) is 13.0 Å². The van der Waals surface area contributed by atoms with Crippen LogP contribution < -0.4 is 5.32 Å². The van der Waals surface area contributed by atoms with E-state index in [-0.39, 0.29) is 11.7 Å². The molecule has 110 valence electrons. The Balaban J connectivity index is 1.83. The summed E-state index contributed by atoms with van der Waals surface area (Å²) in [5.41, 5.74) is -0.680. The van der Waals surface area contributed by atoms with Crippen LogP contribution in [0.1, 0.15) is 65.2 Å². The lowest BCUT2D eigenvalue weighted by atomic mass is 9.95. The molecule has 2 fully saturated rings. The minimum Gasteiger partial charge on any atom is -0.480 e. The number of hydrogen-bond donors (Lipinski definition) is 2. The number of carboxylic acids is 1. The van der Waals surface area contributed by atoms with Gasteiger partial charge in [-0.25, -0.2) is 0 Å². The van der Waals surface area contributed by atoms with Crippen LogP contribution in [-0.2, 0) is 9.53 Å². The monoisotopic (exact) mass is 269 g/mol. The van der Waals surface area contributed by atoms with Crippen LogP contribution in [0.4, 0.5) is 0 Å². The number of nitrogens with one attached hydrogen (secondary N) is 1. The number of carboxylic acid groups (broad SMARTS) is 1. The summed E-state index contributed by atoms with van der Waals surface area (Å²) in [7, 11) is 0. The fourth-order valence-corrected chi connectivity index (χ4v) is 3.54. The largest absolute Gasteiger partial charge is 0.480 e. The Morgan fingerprint density at radius 2 is 2.11 bits per heavy atom. The second-order valence-electron chi connectivity index (χ2n) is 6.44. The molecule has 0 radical (unpaired) electrons. The van der Waals surface area contributed by atoms with Gasteiger partial charge in [0.1, 0.15) is 5.54 Å². The fraction of sp³-hybridized carbons (Fsp3) is 0.933. The molecular weight excluding hydrogens is 242 g/mol. The first-order chi connectivity index (χ1) is 9.00. The van der Waals surface area contributed by atoms with E-state index in [4.69, 9.17) is 4.74 Å². The van der Waals surface area contributed by atoms with Crippen molar-refractivity contribution in [1.29, 1.82) is 0 Å². The Hall–Kier alpha value is -0.610. The molecule has 4 nitrogen and oxygen atoms in total. The van der Waals surface area contributed by atoms with Crippen LogP contribution in [0.15, 0.2) is 0 Å². The first-order valence-electron chi connectivity index (χ1n) is 7.66. The van der Waals surface area contributed by atoms with Crippen molar-refractivity contribution < 1.29 is 14.6 Å². The number of hydrogen-bond acceptors (Lipinski definition) is 3. The van der Waals surface area contributed by atoms with Gasteiger partial charge >= 0.3 is 5.97 Å². The zero-order valence-electron chi connectivity index (χ0n) is 12.2. The van der Waals surface area contributed by atoms with Gasteiger partial charge in [0.2, 0.25) is 0 Å².